The zero-order valence-corrected chi connectivity index (χ0v) is 12.6. The maximum absolute atomic E-state index is 10.4. The number of hydrogen-bond donors (Lipinski definition) is 3. The third kappa shape index (κ3) is 7.46. The summed E-state index contributed by atoms with van der Waals surface area (Å²) < 4.78 is 20.5. The Kier molecular flexibility index (Phi) is 7.59. The SMILES string of the molecule is CC(C)(CN)CCOC(C)(C)C(O)CO[PH](=O)O. The number of hydrogen-bond acceptors (Lipinski definition) is 5. The quantitative estimate of drug-likeness (QED) is 0.544. The van der Waals surface area contributed by atoms with Gasteiger partial charge in [0.2, 0.25) is 0 Å². The van der Waals surface area contributed by atoms with E-state index in [0.29, 0.717) is 13.2 Å². The zero-order chi connectivity index (χ0) is 14.4. The van der Waals surface area contributed by atoms with Gasteiger partial charge >= 0.3 is 8.25 Å². The molecule has 7 heteroatoms. The van der Waals surface area contributed by atoms with Gasteiger partial charge in [-0.1, -0.05) is 13.8 Å². The fourth-order valence-electron chi connectivity index (χ4n) is 1.14. The minimum atomic E-state index is -3.02. The zero-order valence-electron chi connectivity index (χ0n) is 11.6. The summed E-state index contributed by atoms with van der Waals surface area (Å²) in [7, 11) is -3.02. The van der Waals surface area contributed by atoms with Crippen molar-refractivity contribution in [3.05, 3.63) is 0 Å². The highest BCUT2D eigenvalue weighted by molar-refractivity contribution is 7.32. The Labute approximate surface area is 109 Å². The van der Waals surface area contributed by atoms with Gasteiger partial charge in [-0.05, 0) is 32.2 Å². The summed E-state index contributed by atoms with van der Waals surface area (Å²) >= 11 is 0. The van der Waals surface area contributed by atoms with E-state index < -0.39 is 20.0 Å². The summed E-state index contributed by atoms with van der Waals surface area (Å²) in [6, 6.07) is 0. The van der Waals surface area contributed by atoms with Crippen LogP contribution in [0, 0.1) is 5.41 Å². The first-order valence-corrected chi connectivity index (χ1v) is 7.25. The van der Waals surface area contributed by atoms with Gasteiger partial charge in [0, 0.05) is 6.61 Å². The van der Waals surface area contributed by atoms with Crippen molar-refractivity contribution in [1.82, 2.24) is 0 Å². The lowest BCUT2D eigenvalue weighted by Gasteiger charge is -2.32. The molecule has 0 fully saturated rings. The third-order valence-corrected chi connectivity index (χ3v) is 3.39. The fourth-order valence-corrected chi connectivity index (χ4v) is 1.44. The Balaban J connectivity index is 4.09. The van der Waals surface area contributed by atoms with Crippen LogP contribution >= 0.6 is 8.25 Å². The topological polar surface area (TPSA) is 102 Å². The van der Waals surface area contributed by atoms with E-state index in [1.54, 1.807) is 13.8 Å². The average molecular weight is 283 g/mol. The van der Waals surface area contributed by atoms with Crippen LogP contribution in [0.5, 0.6) is 0 Å². The lowest BCUT2D eigenvalue weighted by molar-refractivity contribution is -0.116. The molecule has 0 saturated heterocycles. The van der Waals surface area contributed by atoms with Crippen LogP contribution < -0.4 is 5.73 Å². The molecule has 0 aliphatic carbocycles. The first-order valence-electron chi connectivity index (χ1n) is 5.98. The Morgan fingerprint density at radius 3 is 2.33 bits per heavy atom. The van der Waals surface area contributed by atoms with E-state index in [1.807, 2.05) is 13.8 Å². The molecule has 6 nitrogen and oxygen atoms in total. The predicted molar refractivity (Wildman–Crippen MR) is 70.7 cm³/mol. The van der Waals surface area contributed by atoms with Gasteiger partial charge in [0.1, 0.15) is 6.10 Å². The molecule has 110 valence electrons. The smallest absolute Gasteiger partial charge is 0.316 e. The molecular formula is C11H26NO5P. The van der Waals surface area contributed by atoms with E-state index in [0.717, 1.165) is 6.42 Å². The third-order valence-electron chi connectivity index (χ3n) is 2.97. The number of nitrogens with two attached hydrogens (primary N) is 1. The molecule has 0 radical (unpaired) electrons. The molecule has 0 aliphatic rings. The molecule has 0 bridgehead atoms. The van der Waals surface area contributed by atoms with Gasteiger partial charge < -0.3 is 25.0 Å². The molecule has 0 amide bonds. The highest BCUT2D eigenvalue weighted by Gasteiger charge is 2.30. The van der Waals surface area contributed by atoms with Crippen molar-refractivity contribution in [2.75, 3.05) is 19.8 Å². The molecule has 0 aliphatic heterocycles. The summed E-state index contributed by atoms with van der Waals surface area (Å²) in [6.45, 7) is 8.32. The fraction of sp³-hybridized carbons (Fsp3) is 1.00. The minimum Gasteiger partial charge on any atom is -0.388 e. The Morgan fingerprint density at radius 1 is 1.33 bits per heavy atom. The van der Waals surface area contributed by atoms with Gasteiger partial charge in [-0.3, -0.25) is 4.57 Å². The normalized spacial score (nSPS) is 16.6. The molecule has 0 spiro atoms. The number of rotatable bonds is 9. The summed E-state index contributed by atoms with van der Waals surface area (Å²) in [6.07, 6.45) is -0.184. The maximum atomic E-state index is 10.4. The number of aliphatic hydroxyl groups excluding tert-OH is 1. The van der Waals surface area contributed by atoms with Crippen LogP contribution in [0.1, 0.15) is 34.1 Å². The summed E-state index contributed by atoms with van der Waals surface area (Å²) in [4.78, 5) is 8.54. The van der Waals surface area contributed by atoms with Crippen LogP contribution in [-0.4, -0.2) is 41.5 Å². The number of aliphatic hydroxyl groups is 1. The van der Waals surface area contributed by atoms with E-state index in [9.17, 15) is 9.67 Å². The average Bonchev–Trinajstić information content (AvgIpc) is 2.25. The summed E-state index contributed by atoms with van der Waals surface area (Å²) in [5, 5.41) is 9.80. The highest BCUT2D eigenvalue weighted by atomic mass is 31.1. The molecule has 18 heavy (non-hydrogen) atoms. The monoisotopic (exact) mass is 283 g/mol. The van der Waals surface area contributed by atoms with E-state index >= 15 is 0 Å². The molecule has 2 atom stereocenters. The molecule has 0 saturated carbocycles. The van der Waals surface area contributed by atoms with Crippen LogP contribution in [0.15, 0.2) is 0 Å². The van der Waals surface area contributed by atoms with E-state index in [2.05, 4.69) is 4.52 Å². The van der Waals surface area contributed by atoms with Crippen molar-refractivity contribution in [2.24, 2.45) is 11.1 Å². The Hall–Kier alpha value is 0.0300. The van der Waals surface area contributed by atoms with Crippen molar-refractivity contribution < 1.29 is 23.8 Å². The molecule has 0 rings (SSSR count). The predicted octanol–water partition coefficient (Wildman–Crippen LogP) is 0.916. The summed E-state index contributed by atoms with van der Waals surface area (Å²) in [5.41, 5.74) is 4.78. The first kappa shape index (κ1) is 18.0. The molecule has 0 aromatic carbocycles. The van der Waals surface area contributed by atoms with Crippen LogP contribution in [-0.2, 0) is 13.8 Å². The molecule has 0 aromatic heterocycles. The number of ether oxygens (including phenoxy) is 1. The standard InChI is InChI=1S/C11H26NO5P/c1-10(2,8-12)5-6-16-11(3,4)9(13)7-17-18(14)15/h9,13,18H,5-8,12H2,1-4H3,(H,14,15). The van der Waals surface area contributed by atoms with Crippen molar-refractivity contribution in [3.63, 3.8) is 0 Å². The van der Waals surface area contributed by atoms with Crippen LogP contribution in [0.25, 0.3) is 0 Å². The van der Waals surface area contributed by atoms with Crippen molar-refractivity contribution in [1.29, 1.82) is 0 Å². The lowest BCUT2D eigenvalue weighted by atomic mass is 9.90. The van der Waals surface area contributed by atoms with Crippen molar-refractivity contribution >= 4 is 8.25 Å². The van der Waals surface area contributed by atoms with Crippen molar-refractivity contribution in [3.8, 4) is 0 Å². The second-order valence-electron chi connectivity index (χ2n) is 5.66. The molecule has 0 aromatic rings. The largest absolute Gasteiger partial charge is 0.388 e. The van der Waals surface area contributed by atoms with Gasteiger partial charge in [0.05, 0.1) is 12.2 Å². The molecule has 0 heterocycles. The molecular weight excluding hydrogens is 257 g/mol. The Bertz CT molecular complexity index is 270. The van der Waals surface area contributed by atoms with Crippen LogP contribution in [0.2, 0.25) is 0 Å². The van der Waals surface area contributed by atoms with Crippen LogP contribution in [0.4, 0.5) is 0 Å². The maximum Gasteiger partial charge on any atom is 0.316 e. The second-order valence-corrected chi connectivity index (χ2v) is 6.48. The first-order chi connectivity index (χ1) is 8.10. The second kappa shape index (κ2) is 7.58. The van der Waals surface area contributed by atoms with Gasteiger partial charge in [-0.25, -0.2) is 0 Å². The summed E-state index contributed by atoms with van der Waals surface area (Å²) in [5.74, 6) is 0. The van der Waals surface area contributed by atoms with Crippen molar-refractivity contribution in [2.45, 2.75) is 45.8 Å². The van der Waals surface area contributed by atoms with E-state index in [1.165, 1.54) is 0 Å². The van der Waals surface area contributed by atoms with E-state index in [4.69, 9.17) is 15.4 Å². The Morgan fingerprint density at radius 2 is 1.89 bits per heavy atom. The molecule has 2 unspecified atom stereocenters. The van der Waals surface area contributed by atoms with Gasteiger partial charge in [0.15, 0.2) is 0 Å². The minimum absolute atomic E-state index is 0.00614. The van der Waals surface area contributed by atoms with Gasteiger partial charge in [0.25, 0.3) is 0 Å². The van der Waals surface area contributed by atoms with Gasteiger partial charge in [-0.15, -0.1) is 0 Å². The van der Waals surface area contributed by atoms with Gasteiger partial charge in [-0.2, -0.15) is 0 Å². The van der Waals surface area contributed by atoms with Crippen LogP contribution in [0.3, 0.4) is 0 Å². The lowest BCUT2D eigenvalue weighted by Crippen LogP contribution is -2.42. The highest BCUT2D eigenvalue weighted by Crippen LogP contribution is 2.23. The van der Waals surface area contributed by atoms with E-state index in [-0.39, 0.29) is 12.0 Å². The molecule has 4 N–H and O–H groups in total.